The first kappa shape index (κ1) is 15.2. The van der Waals surface area contributed by atoms with Crippen molar-refractivity contribution in [2.45, 2.75) is 12.6 Å². The fraction of sp³-hybridized carbons (Fsp3) is 0.231. The van der Waals surface area contributed by atoms with Crippen LogP contribution >= 0.6 is 23.2 Å². The molecular formula is C13H11Cl2F3N2. The van der Waals surface area contributed by atoms with Crippen LogP contribution in [0.5, 0.6) is 0 Å². The minimum atomic E-state index is -4.55. The Bertz CT molecular complexity index is 621. The monoisotopic (exact) mass is 322 g/mol. The maximum absolute atomic E-state index is 13.2. The molecule has 0 aliphatic carbocycles. The van der Waals surface area contributed by atoms with Crippen LogP contribution < -0.4 is 5.73 Å². The van der Waals surface area contributed by atoms with Gasteiger partial charge in [0.05, 0.1) is 16.3 Å². The number of aromatic nitrogens is 1. The van der Waals surface area contributed by atoms with Gasteiger partial charge in [0.25, 0.3) is 0 Å². The highest BCUT2D eigenvalue weighted by atomic mass is 35.5. The second kappa shape index (κ2) is 5.68. The van der Waals surface area contributed by atoms with Crippen LogP contribution in [0.15, 0.2) is 30.5 Å². The lowest BCUT2D eigenvalue weighted by atomic mass is 10.1. The van der Waals surface area contributed by atoms with E-state index in [1.54, 1.807) is 12.1 Å². The third kappa shape index (κ3) is 2.95. The first-order chi connectivity index (χ1) is 9.34. The average molecular weight is 323 g/mol. The van der Waals surface area contributed by atoms with Crippen molar-refractivity contribution in [3.63, 3.8) is 0 Å². The van der Waals surface area contributed by atoms with Gasteiger partial charge in [0, 0.05) is 23.3 Å². The molecule has 0 saturated heterocycles. The zero-order valence-electron chi connectivity index (χ0n) is 10.2. The van der Waals surface area contributed by atoms with Gasteiger partial charge < -0.3 is 10.3 Å². The standard InChI is InChI=1S/C13H11Cl2F3N2/c14-8-6-10(13(16,17)18)12(11(15)7-8)20-5-1-2-9(20)3-4-19/h1-2,5-7H,3-4,19H2. The number of hydrogen-bond acceptors (Lipinski definition) is 1. The minimum absolute atomic E-state index is 0.0562. The Morgan fingerprint density at radius 3 is 2.50 bits per heavy atom. The Kier molecular flexibility index (Phi) is 4.32. The highest BCUT2D eigenvalue weighted by molar-refractivity contribution is 6.36. The summed E-state index contributed by atoms with van der Waals surface area (Å²) >= 11 is 11.6. The SMILES string of the molecule is NCCc1cccn1-c1c(Cl)cc(Cl)cc1C(F)(F)F. The van der Waals surface area contributed by atoms with E-state index < -0.39 is 11.7 Å². The zero-order valence-corrected chi connectivity index (χ0v) is 11.7. The summed E-state index contributed by atoms with van der Waals surface area (Å²) < 4.78 is 40.9. The van der Waals surface area contributed by atoms with Gasteiger partial charge in [-0.15, -0.1) is 0 Å². The molecule has 0 fully saturated rings. The van der Waals surface area contributed by atoms with Crippen molar-refractivity contribution in [3.8, 4) is 5.69 Å². The lowest BCUT2D eigenvalue weighted by molar-refractivity contribution is -0.137. The molecule has 0 bridgehead atoms. The van der Waals surface area contributed by atoms with E-state index in [1.165, 1.54) is 16.8 Å². The number of benzene rings is 1. The van der Waals surface area contributed by atoms with E-state index in [9.17, 15) is 13.2 Å². The molecule has 0 aliphatic heterocycles. The van der Waals surface area contributed by atoms with Crippen molar-refractivity contribution in [1.29, 1.82) is 0 Å². The van der Waals surface area contributed by atoms with Gasteiger partial charge in [0.2, 0.25) is 0 Å². The fourth-order valence-corrected chi connectivity index (χ4v) is 2.60. The summed E-state index contributed by atoms with van der Waals surface area (Å²) in [5.74, 6) is 0. The van der Waals surface area contributed by atoms with Crippen molar-refractivity contribution >= 4 is 23.2 Å². The molecule has 0 aliphatic rings. The lowest BCUT2D eigenvalue weighted by Gasteiger charge is -2.18. The minimum Gasteiger partial charge on any atom is -0.330 e. The Morgan fingerprint density at radius 2 is 1.90 bits per heavy atom. The molecule has 2 rings (SSSR count). The zero-order chi connectivity index (χ0) is 14.9. The summed E-state index contributed by atoms with van der Waals surface area (Å²) in [7, 11) is 0. The molecule has 2 N–H and O–H groups in total. The van der Waals surface area contributed by atoms with E-state index in [0.29, 0.717) is 18.7 Å². The summed E-state index contributed by atoms with van der Waals surface area (Å²) in [6.45, 7) is 0.330. The van der Waals surface area contributed by atoms with Crippen LogP contribution in [0.25, 0.3) is 5.69 Å². The quantitative estimate of drug-likeness (QED) is 0.897. The van der Waals surface area contributed by atoms with E-state index in [0.717, 1.165) is 6.07 Å². The topological polar surface area (TPSA) is 30.9 Å². The Labute approximate surface area is 123 Å². The predicted octanol–water partition coefficient (Wildman–Crippen LogP) is 4.30. The Morgan fingerprint density at radius 1 is 1.20 bits per heavy atom. The van der Waals surface area contributed by atoms with Gasteiger partial charge in [-0.25, -0.2) is 0 Å². The smallest absolute Gasteiger partial charge is 0.330 e. The molecule has 0 radical (unpaired) electrons. The molecule has 1 aromatic carbocycles. The summed E-state index contributed by atoms with van der Waals surface area (Å²) in [5.41, 5.74) is 5.12. The molecule has 2 aromatic rings. The van der Waals surface area contributed by atoms with Crippen LogP contribution in [0.1, 0.15) is 11.3 Å². The second-order valence-corrected chi connectivity index (χ2v) is 5.03. The molecule has 0 unspecified atom stereocenters. The van der Waals surface area contributed by atoms with Gasteiger partial charge in [-0.2, -0.15) is 13.2 Å². The second-order valence-electron chi connectivity index (χ2n) is 4.19. The van der Waals surface area contributed by atoms with Crippen LogP contribution in [0.2, 0.25) is 10.0 Å². The van der Waals surface area contributed by atoms with Crippen LogP contribution in [-0.4, -0.2) is 11.1 Å². The maximum atomic E-state index is 13.2. The summed E-state index contributed by atoms with van der Waals surface area (Å²) in [5, 5.41) is -0.113. The number of hydrogen-bond donors (Lipinski definition) is 1. The molecule has 108 valence electrons. The number of nitrogens with zero attached hydrogens (tertiary/aromatic N) is 1. The van der Waals surface area contributed by atoms with E-state index in [1.807, 2.05) is 0 Å². The van der Waals surface area contributed by atoms with Crippen LogP contribution in [0, 0.1) is 0 Å². The molecular weight excluding hydrogens is 312 g/mol. The molecule has 0 atom stereocenters. The maximum Gasteiger partial charge on any atom is 0.418 e. The molecule has 0 amide bonds. The highest BCUT2D eigenvalue weighted by Crippen LogP contribution is 2.39. The summed E-state index contributed by atoms with van der Waals surface area (Å²) in [4.78, 5) is 0. The number of rotatable bonds is 3. The average Bonchev–Trinajstić information content (AvgIpc) is 2.75. The van der Waals surface area contributed by atoms with E-state index in [4.69, 9.17) is 28.9 Å². The van der Waals surface area contributed by atoms with E-state index in [2.05, 4.69) is 0 Å². The number of halogens is 5. The van der Waals surface area contributed by atoms with Gasteiger partial charge in [-0.05, 0) is 30.8 Å². The molecule has 1 heterocycles. The summed E-state index contributed by atoms with van der Waals surface area (Å²) in [6.07, 6.45) is -2.58. The highest BCUT2D eigenvalue weighted by Gasteiger charge is 2.35. The molecule has 20 heavy (non-hydrogen) atoms. The van der Waals surface area contributed by atoms with Crippen molar-refractivity contribution in [2.24, 2.45) is 5.73 Å². The van der Waals surface area contributed by atoms with Crippen LogP contribution in [-0.2, 0) is 12.6 Å². The normalized spacial score (nSPS) is 11.9. The van der Waals surface area contributed by atoms with Gasteiger partial charge in [-0.1, -0.05) is 23.2 Å². The fourth-order valence-electron chi connectivity index (χ4n) is 2.01. The summed E-state index contributed by atoms with van der Waals surface area (Å²) in [6, 6.07) is 5.52. The van der Waals surface area contributed by atoms with Crippen LogP contribution in [0.3, 0.4) is 0 Å². The van der Waals surface area contributed by atoms with E-state index in [-0.39, 0.29) is 15.7 Å². The Hall–Kier alpha value is -1.17. The van der Waals surface area contributed by atoms with Gasteiger partial charge in [0.15, 0.2) is 0 Å². The predicted molar refractivity (Wildman–Crippen MR) is 73.5 cm³/mol. The molecule has 2 nitrogen and oxygen atoms in total. The molecule has 7 heteroatoms. The van der Waals surface area contributed by atoms with Crippen LogP contribution in [0.4, 0.5) is 13.2 Å². The van der Waals surface area contributed by atoms with Crippen molar-refractivity contribution in [1.82, 2.24) is 4.57 Å². The van der Waals surface area contributed by atoms with Crippen molar-refractivity contribution < 1.29 is 13.2 Å². The number of alkyl halides is 3. The molecule has 1 aromatic heterocycles. The lowest BCUT2D eigenvalue weighted by Crippen LogP contribution is -2.14. The van der Waals surface area contributed by atoms with Crippen molar-refractivity contribution in [2.75, 3.05) is 6.54 Å². The van der Waals surface area contributed by atoms with E-state index >= 15 is 0 Å². The Balaban J connectivity index is 2.69. The third-order valence-electron chi connectivity index (χ3n) is 2.81. The van der Waals surface area contributed by atoms with Gasteiger partial charge in [-0.3, -0.25) is 0 Å². The molecule has 0 spiro atoms. The van der Waals surface area contributed by atoms with Crippen molar-refractivity contribution in [3.05, 3.63) is 51.8 Å². The first-order valence-electron chi connectivity index (χ1n) is 5.77. The molecule has 0 saturated carbocycles. The first-order valence-corrected chi connectivity index (χ1v) is 6.53. The number of nitrogens with two attached hydrogens (primary N) is 1. The van der Waals surface area contributed by atoms with Gasteiger partial charge in [0.1, 0.15) is 0 Å². The van der Waals surface area contributed by atoms with Gasteiger partial charge >= 0.3 is 6.18 Å². The largest absolute Gasteiger partial charge is 0.418 e. The third-order valence-corrected chi connectivity index (χ3v) is 3.31.